The van der Waals surface area contributed by atoms with E-state index in [0.29, 0.717) is 12.0 Å². The van der Waals surface area contributed by atoms with Gasteiger partial charge in [-0.3, -0.25) is 4.68 Å². The van der Waals surface area contributed by atoms with Crippen molar-refractivity contribution in [3.8, 4) is 5.75 Å². The fraction of sp³-hybridized carbons (Fsp3) is 0.800. The third kappa shape index (κ3) is 4.86. The minimum atomic E-state index is 0.163. The second-order valence-electron chi connectivity index (χ2n) is 6.64. The lowest BCUT2D eigenvalue weighted by Crippen LogP contribution is -2.39. The van der Waals surface area contributed by atoms with Crippen LogP contribution in [0.5, 0.6) is 5.75 Å². The van der Waals surface area contributed by atoms with Crippen LogP contribution in [0.2, 0.25) is 0 Å². The van der Waals surface area contributed by atoms with Gasteiger partial charge in [-0.2, -0.15) is 5.10 Å². The lowest BCUT2D eigenvalue weighted by molar-refractivity contribution is 0.365. The van der Waals surface area contributed by atoms with E-state index in [0.717, 1.165) is 18.7 Å². The van der Waals surface area contributed by atoms with Crippen LogP contribution < -0.4 is 10.1 Å². The van der Waals surface area contributed by atoms with E-state index in [1.54, 1.807) is 7.11 Å². The second-order valence-corrected chi connectivity index (χ2v) is 6.64. The third-order valence-corrected chi connectivity index (χ3v) is 3.09. The number of ether oxygens (including phenoxy) is 1. The average molecular weight is 267 g/mol. The summed E-state index contributed by atoms with van der Waals surface area (Å²) < 4.78 is 7.48. The maximum atomic E-state index is 5.42. The first-order valence-electron chi connectivity index (χ1n) is 7.10. The Morgan fingerprint density at radius 1 is 1.32 bits per heavy atom. The predicted octanol–water partition coefficient (Wildman–Crippen LogP) is 3.04. The van der Waals surface area contributed by atoms with Gasteiger partial charge in [-0.25, -0.2) is 0 Å². The molecule has 1 rings (SSSR count). The van der Waals surface area contributed by atoms with Gasteiger partial charge in [-0.05, 0) is 53.5 Å². The molecule has 0 saturated carbocycles. The molecule has 110 valence electrons. The maximum Gasteiger partial charge on any atom is 0.159 e. The molecule has 1 unspecified atom stereocenters. The van der Waals surface area contributed by atoms with E-state index in [2.05, 4.69) is 56.6 Å². The highest BCUT2D eigenvalue weighted by molar-refractivity contribution is 5.26. The van der Waals surface area contributed by atoms with Crippen molar-refractivity contribution >= 4 is 0 Å². The normalized spacial score (nSPS) is 13.9. The summed E-state index contributed by atoms with van der Waals surface area (Å²) in [6.07, 6.45) is 2.80. The maximum absolute atomic E-state index is 5.42. The van der Waals surface area contributed by atoms with E-state index in [1.165, 1.54) is 5.69 Å². The number of nitrogens with one attached hydrogen (secondary N) is 1. The van der Waals surface area contributed by atoms with Gasteiger partial charge in [-0.1, -0.05) is 6.92 Å². The summed E-state index contributed by atoms with van der Waals surface area (Å²) >= 11 is 0. The van der Waals surface area contributed by atoms with Gasteiger partial charge >= 0.3 is 0 Å². The molecule has 19 heavy (non-hydrogen) atoms. The SMILES string of the molecule is COc1cnn(C(C)C)c1CC(C)CNC(C)(C)C. The summed E-state index contributed by atoms with van der Waals surface area (Å²) in [5.74, 6) is 1.44. The summed E-state index contributed by atoms with van der Waals surface area (Å²) in [6, 6.07) is 0.363. The van der Waals surface area contributed by atoms with Crippen molar-refractivity contribution in [3.05, 3.63) is 11.9 Å². The molecule has 4 heteroatoms. The molecule has 0 saturated heterocycles. The van der Waals surface area contributed by atoms with Gasteiger partial charge in [0.25, 0.3) is 0 Å². The van der Waals surface area contributed by atoms with E-state index < -0.39 is 0 Å². The molecule has 1 heterocycles. The molecule has 0 radical (unpaired) electrons. The molecule has 0 aliphatic rings. The van der Waals surface area contributed by atoms with Crippen molar-refractivity contribution < 1.29 is 4.74 Å². The van der Waals surface area contributed by atoms with Crippen LogP contribution in [0, 0.1) is 5.92 Å². The van der Waals surface area contributed by atoms with Crippen LogP contribution in [-0.4, -0.2) is 29.0 Å². The molecule has 4 nitrogen and oxygen atoms in total. The van der Waals surface area contributed by atoms with Crippen molar-refractivity contribution in [2.75, 3.05) is 13.7 Å². The molecular formula is C15H29N3O. The molecule has 0 aromatic carbocycles. The summed E-state index contributed by atoms with van der Waals surface area (Å²) in [5, 5.41) is 7.97. The zero-order chi connectivity index (χ0) is 14.6. The molecular weight excluding hydrogens is 238 g/mol. The van der Waals surface area contributed by atoms with Gasteiger partial charge in [-0.15, -0.1) is 0 Å². The summed E-state index contributed by atoms with van der Waals surface area (Å²) in [4.78, 5) is 0. The van der Waals surface area contributed by atoms with Crippen LogP contribution in [0.25, 0.3) is 0 Å². The van der Waals surface area contributed by atoms with Gasteiger partial charge < -0.3 is 10.1 Å². The van der Waals surface area contributed by atoms with Crippen molar-refractivity contribution in [2.24, 2.45) is 5.92 Å². The number of methoxy groups -OCH3 is 1. The molecule has 1 aromatic heterocycles. The summed E-state index contributed by atoms with van der Waals surface area (Å²) in [5.41, 5.74) is 1.36. The Morgan fingerprint density at radius 3 is 2.42 bits per heavy atom. The lowest BCUT2D eigenvalue weighted by Gasteiger charge is -2.24. The summed E-state index contributed by atoms with van der Waals surface area (Å²) in [6.45, 7) is 14.1. The largest absolute Gasteiger partial charge is 0.493 e. The molecule has 0 amide bonds. The van der Waals surface area contributed by atoms with Crippen molar-refractivity contribution in [1.82, 2.24) is 15.1 Å². The molecule has 0 spiro atoms. The number of hydrogen-bond donors (Lipinski definition) is 1. The highest BCUT2D eigenvalue weighted by Gasteiger charge is 2.18. The minimum absolute atomic E-state index is 0.163. The van der Waals surface area contributed by atoms with E-state index in [1.807, 2.05) is 6.20 Å². The third-order valence-electron chi connectivity index (χ3n) is 3.09. The Balaban J connectivity index is 2.72. The monoisotopic (exact) mass is 267 g/mol. The first-order valence-corrected chi connectivity index (χ1v) is 7.10. The van der Waals surface area contributed by atoms with Crippen molar-refractivity contribution in [3.63, 3.8) is 0 Å². The first kappa shape index (κ1) is 16.0. The Hall–Kier alpha value is -1.03. The van der Waals surface area contributed by atoms with Crippen LogP contribution in [0.15, 0.2) is 6.20 Å². The van der Waals surface area contributed by atoms with Crippen LogP contribution >= 0.6 is 0 Å². The number of rotatable bonds is 6. The van der Waals surface area contributed by atoms with Gasteiger partial charge in [0.15, 0.2) is 5.75 Å². The molecule has 0 fully saturated rings. The fourth-order valence-corrected chi connectivity index (χ4v) is 2.06. The van der Waals surface area contributed by atoms with Crippen molar-refractivity contribution in [1.29, 1.82) is 0 Å². The minimum Gasteiger partial charge on any atom is -0.493 e. The summed E-state index contributed by atoms with van der Waals surface area (Å²) in [7, 11) is 1.71. The standard InChI is InChI=1S/C15H29N3O/c1-11(2)18-13(14(19-7)10-17-18)8-12(3)9-16-15(4,5)6/h10-12,16H,8-9H2,1-7H3. The lowest BCUT2D eigenvalue weighted by atomic mass is 10.0. The van der Waals surface area contributed by atoms with E-state index >= 15 is 0 Å². The molecule has 1 aromatic rings. The molecule has 0 aliphatic heterocycles. The van der Waals surface area contributed by atoms with Crippen LogP contribution in [-0.2, 0) is 6.42 Å². The number of aromatic nitrogens is 2. The van der Waals surface area contributed by atoms with Gasteiger partial charge in [0.2, 0.25) is 0 Å². The molecule has 0 aliphatic carbocycles. The van der Waals surface area contributed by atoms with Crippen LogP contribution in [0.4, 0.5) is 0 Å². The van der Waals surface area contributed by atoms with Crippen molar-refractivity contribution in [2.45, 2.75) is 59.5 Å². The van der Waals surface area contributed by atoms with E-state index in [4.69, 9.17) is 4.74 Å². The zero-order valence-corrected chi connectivity index (χ0v) is 13.4. The molecule has 1 N–H and O–H groups in total. The highest BCUT2D eigenvalue weighted by atomic mass is 16.5. The smallest absolute Gasteiger partial charge is 0.159 e. The van der Waals surface area contributed by atoms with Gasteiger partial charge in [0.05, 0.1) is 19.0 Å². The van der Waals surface area contributed by atoms with Crippen LogP contribution in [0.1, 0.15) is 53.3 Å². The Labute approximate surface area is 117 Å². The number of hydrogen-bond acceptors (Lipinski definition) is 3. The molecule has 0 bridgehead atoms. The Bertz CT molecular complexity index is 391. The Kier molecular flexibility index (Phi) is 5.41. The quantitative estimate of drug-likeness (QED) is 0.861. The topological polar surface area (TPSA) is 39.1 Å². The predicted molar refractivity (Wildman–Crippen MR) is 79.8 cm³/mol. The molecule has 1 atom stereocenters. The van der Waals surface area contributed by atoms with Gasteiger partial charge in [0, 0.05) is 11.6 Å². The van der Waals surface area contributed by atoms with E-state index in [-0.39, 0.29) is 5.54 Å². The first-order chi connectivity index (χ1) is 8.74. The fourth-order valence-electron chi connectivity index (χ4n) is 2.06. The number of nitrogens with zero attached hydrogens (tertiary/aromatic N) is 2. The van der Waals surface area contributed by atoms with Crippen LogP contribution in [0.3, 0.4) is 0 Å². The highest BCUT2D eigenvalue weighted by Crippen LogP contribution is 2.24. The zero-order valence-electron chi connectivity index (χ0n) is 13.4. The van der Waals surface area contributed by atoms with Gasteiger partial charge in [0.1, 0.15) is 0 Å². The second kappa shape index (κ2) is 6.42. The average Bonchev–Trinajstić information content (AvgIpc) is 2.68. The Morgan fingerprint density at radius 2 is 1.95 bits per heavy atom. The van der Waals surface area contributed by atoms with E-state index in [9.17, 15) is 0 Å².